The van der Waals surface area contributed by atoms with Crippen LogP contribution in [0, 0.1) is 0 Å². The highest BCUT2D eigenvalue weighted by Crippen LogP contribution is 2.36. The maximum Gasteiger partial charge on any atom is 0.410 e. The van der Waals surface area contributed by atoms with E-state index in [-0.39, 0.29) is 12.0 Å². The molecule has 0 spiro atoms. The summed E-state index contributed by atoms with van der Waals surface area (Å²) in [5.41, 5.74) is -0.0800. The van der Waals surface area contributed by atoms with Gasteiger partial charge in [0.2, 0.25) is 5.91 Å². The van der Waals surface area contributed by atoms with Crippen molar-refractivity contribution in [2.75, 3.05) is 20.1 Å². The number of hydrogen-bond donors (Lipinski definition) is 1. The average molecular weight is 318 g/mol. The second kappa shape index (κ2) is 6.60. The van der Waals surface area contributed by atoms with E-state index >= 15 is 0 Å². The van der Waals surface area contributed by atoms with Gasteiger partial charge in [-0.1, -0.05) is 30.3 Å². The second-order valence-corrected chi connectivity index (χ2v) is 6.99. The van der Waals surface area contributed by atoms with E-state index < -0.39 is 11.0 Å². The normalized spacial score (nSPS) is 17.5. The molecule has 5 nitrogen and oxygen atoms in total. The van der Waals surface area contributed by atoms with Gasteiger partial charge in [0.05, 0.1) is 5.41 Å². The minimum absolute atomic E-state index is 0.00698. The minimum atomic E-state index is -0.575. The van der Waals surface area contributed by atoms with Crippen molar-refractivity contribution in [3.8, 4) is 0 Å². The van der Waals surface area contributed by atoms with Gasteiger partial charge in [-0.2, -0.15) is 0 Å². The number of rotatable bonds is 2. The molecule has 2 rings (SSSR count). The predicted octanol–water partition coefficient (Wildman–Crippen LogP) is 2.70. The first-order valence-corrected chi connectivity index (χ1v) is 8.04. The first kappa shape index (κ1) is 17.3. The fraction of sp³-hybridized carbons (Fsp3) is 0.556. The molecule has 1 heterocycles. The Labute approximate surface area is 138 Å². The first-order valence-electron chi connectivity index (χ1n) is 8.04. The third-order valence-corrected chi connectivity index (χ3v) is 4.26. The van der Waals surface area contributed by atoms with Crippen LogP contribution in [0.25, 0.3) is 0 Å². The molecule has 126 valence electrons. The van der Waals surface area contributed by atoms with Crippen LogP contribution >= 0.6 is 0 Å². The number of amides is 2. The lowest BCUT2D eigenvalue weighted by Crippen LogP contribution is -2.52. The lowest BCUT2D eigenvalue weighted by molar-refractivity contribution is -0.128. The molecule has 0 bridgehead atoms. The molecule has 0 radical (unpaired) electrons. The number of likely N-dealkylation sites (N-methyl/N-ethyl adjacent to an activating group) is 1. The quantitative estimate of drug-likeness (QED) is 0.912. The summed E-state index contributed by atoms with van der Waals surface area (Å²) >= 11 is 0. The maximum atomic E-state index is 12.5. The first-order chi connectivity index (χ1) is 10.8. The second-order valence-electron chi connectivity index (χ2n) is 6.99. The number of nitrogens with zero attached hydrogens (tertiary/aromatic N) is 1. The molecule has 0 atom stereocenters. The van der Waals surface area contributed by atoms with Crippen LogP contribution in [-0.4, -0.2) is 42.6 Å². The van der Waals surface area contributed by atoms with E-state index in [0.717, 1.165) is 5.56 Å². The Morgan fingerprint density at radius 1 is 1.13 bits per heavy atom. The summed E-state index contributed by atoms with van der Waals surface area (Å²) in [7, 11) is 1.66. The number of hydrogen-bond acceptors (Lipinski definition) is 3. The smallest absolute Gasteiger partial charge is 0.410 e. The fourth-order valence-electron chi connectivity index (χ4n) is 3.04. The third-order valence-electron chi connectivity index (χ3n) is 4.26. The van der Waals surface area contributed by atoms with E-state index in [4.69, 9.17) is 4.74 Å². The van der Waals surface area contributed by atoms with E-state index in [0.29, 0.717) is 25.9 Å². The van der Waals surface area contributed by atoms with Gasteiger partial charge in [0, 0.05) is 20.1 Å². The number of ether oxygens (including phenoxy) is 1. The van der Waals surface area contributed by atoms with Gasteiger partial charge in [-0.25, -0.2) is 4.79 Å². The Hall–Kier alpha value is -2.04. The van der Waals surface area contributed by atoms with Crippen molar-refractivity contribution in [2.45, 2.75) is 44.6 Å². The highest BCUT2D eigenvalue weighted by atomic mass is 16.6. The molecule has 1 aromatic rings. The highest BCUT2D eigenvalue weighted by molar-refractivity contribution is 5.88. The van der Waals surface area contributed by atoms with Crippen molar-refractivity contribution in [3.63, 3.8) is 0 Å². The molecule has 1 fully saturated rings. The number of nitrogens with one attached hydrogen (secondary N) is 1. The van der Waals surface area contributed by atoms with E-state index in [2.05, 4.69) is 5.32 Å². The summed E-state index contributed by atoms with van der Waals surface area (Å²) < 4.78 is 5.42. The molecular weight excluding hydrogens is 292 g/mol. The van der Waals surface area contributed by atoms with E-state index in [1.54, 1.807) is 11.9 Å². The van der Waals surface area contributed by atoms with Gasteiger partial charge in [-0.15, -0.1) is 0 Å². The Morgan fingerprint density at radius 2 is 1.70 bits per heavy atom. The molecule has 23 heavy (non-hydrogen) atoms. The largest absolute Gasteiger partial charge is 0.444 e. The number of likely N-dealkylation sites (tertiary alicyclic amines) is 1. The number of carbonyl (C=O) groups is 2. The van der Waals surface area contributed by atoms with E-state index in [9.17, 15) is 9.59 Å². The Balaban J connectivity index is 2.15. The lowest BCUT2D eigenvalue weighted by atomic mass is 9.72. The van der Waals surface area contributed by atoms with Crippen LogP contribution in [0.3, 0.4) is 0 Å². The van der Waals surface area contributed by atoms with Crippen molar-refractivity contribution in [1.82, 2.24) is 10.2 Å². The summed E-state index contributed by atoms with van der Waals surface area (Å²) in [6, 6.07) is 9.80. The van der Waals surface area contributed by atoms with Gasteiger partial charge < -0.3 is 15.0 Å². The van der Waals surface area contributed by atoms with E-state index in [1.807, 2.05) is 51.1 Å². The Bertz CT molecular complexity index is 555. The SMILES string of the molecule is CNC(=O)C1(c2ccccc2)CCN(C(=O)OC(C)(C)C)CC1. The molecule has 0 unspecified atom stereocenters. The summed E-state index contributed by atoms with van der Waals surface area (Å²) in [6.45, 7) is 6.59. The van der Waals surface area contributed by atoms with Crippen molar-refractivity contribution < 1.29 is 14.3 Å². The van der Waals surface area contributed by atoms with Crippen LogP contribution in [0.5, 0.6) is 0 Å². The molecule has 1 saturated heterocycles. The van der Waals surface area contributed by atoms with Crippen LogP contribution in [0.4, 0.5) is 4.79 Å². The van der Waals surface area contributed by atoms with Crippen LogP contribution in [0.15, 0.2) is 30.3 Å². The molecule has 1 aromatic carbocycles. The highest BCUT2D eigenvalue weighted by Gasteiger charge is 2.43. The average Bonchev–Trinajstić information content (AvgIpc) is 2.53. The van der Waals surface area contributed by atoms with Crippen LogP contribution < -0.4 is 5.32 Å². The molecule has 5 heteroatoms. The Kier molecular flexibility index (Phi) is 4.97. The van der Waals surface area contributed by atoms with E-state index in [1.165, 1.54) is 0 Å². The zero-order chi connectivity index (χ0) is 17.1. The summed E-state index contributed by atoms with van der Waals surface area (Å²) in [5, 5.41) is 2.78. The van der Waals surface area contributed by atoms with Gasteiger partial charge in [0.1, 0.15) is 5.60 Å². The molecule has 2 amide bonds. The van der Waals surface area contributed by atoms with Gasteiger partial charge in [-0.3, -0.25) is 4.79 Å². The molecule has 1 aliphatic heterocycles. The molecule has 0 aromatic heterocycles. The lowest BCUT2D eigenvalue weighted by Gasteiger charge is -2.41. The summed E-state index contributed by atoms with van der Waals surface area (Å²) in [6.07, 6.45) is 0.877. The Morgan fingerprint density at radius 3 is 2.17 bits per heavy atom. The third kappa shape index (κ3) is 3.84. The maximum absolute atomic E-state index is 12.5. The van der Waals surface area contributed by atoms with Crippen LogP contribution in [-0.2, 0) is 14.9 Å². The molecule has 0 aliphatic carbocycles. The molecule has 1 N–H and O–H groups in total. The zero-order valence-electron chi connectivity index (χ0n) is 14.4. The van der Waals surface area contributed by atoms with Gasteiger partial charge >= 0.3 is 6.09 Å². The van der Waals surface area contributed by atoms with Gasteiger partial charge in [0.25, 0.3) is 0 Å². The summed E-state index contributed by atoms with van der Waals surface area (Å²) in [4.78, 5) is 26.4. The summed E-state index contributed by atoms with van der Waals surface area (Å²) in [5.74, 6) is 0.00698. The number of benzene rings is 1. The van der Waals surface area contributed by atoms with Crippen molar-refractivity contribution in [1.29, 1.82) is 0 Å². The zero-order valence-corrected chi connectivity index (χ0v) is 14.4. The standard InChI is InChI=1S/C18H26N2O3/c1-17(2,3)23-16(22)20-12-10-18(11-13-20,15(21)19-4)14-8-6-5-7-9-14/h5-9H,10-13H2,1-4H3,(H,19,21). The minimum Gasteiger partial charge on any atom is -0.444 e. The monoisotopic (exact) mass is 318 g/mol. The fourth-order valence-corrected chi connectivity index (χ4v) is 3.04. The van der Waals surface area contributed by atoms with Crippen LogP contribution in [0.1, 0.15) is 39.2 Å². The van der Waals surface area contributed by atoms with Gasteiger partial charge in [0.15, 0.2) is 0 Å². The number of piperidine rings is 1. The number of carbonyl (C=O) groups excluding carboxylic acids is 2. The molecule has 1 aliphatic rings. The van der Waals surface area contributed by atoms with Crippen molar-refractivity contribution in [2.24, 2.45) is 0 Å². The molecule has 0 saturated carbocycles. The van der Waals surface area contributed by atoms with Crippen molar-refractivity contribution >= 4 is 12.0 Å². The van der Waals surface area contributed by atoms with Gasteiger partial charge in [-0.05, 0) is 39.2 Å². The molecular formula is C18H26N2O3. The topological polar surface area (TPSA) is 58.6 Å². The predicted molar refractivity (Wildman–Crippen MR) is 89.2 cm³/mol. The van der Waals surface area contributed by atoms with Crippen LogP contribution in [0.2, 0.25) is 0 Å². The van der Waals surface area contributed by atoms with Crippen molar-refractivity contribution in [3.05, 3.63) is 35.9 Å².